The van der Waals surface area contributed by atoms with E-state index < -0.39 is 11.2 Å². The van der Waals surface area contributed by atoms with Crippen LogP contribution in [0.3, 0.4) is 0 Å². The van der Waals surface area contributed by atoms with Crippen LogP contribution in [0.2, 0.25) is 0 Å². The van der Waals surface area contributed by atoms with Gasteiger partial charge in [0.25, 0.3) is 0 Å². The highest BCUT2D eigenvalue weighted by molar-refractivity contribution is 7.98. The van der Waals surface area contributed by atoms with E-state index in [1.807, 2.05) is 16.7 Å². The van der Waals surface area contributed by atoms with Gasteiger partial charge in [-0.1, -0.05) is 17.8 Å². The summed E-state index contributed by atoms with van der Waals surface area (Å²) in [6, 6.07) is 4.98. The first-order chi connectivity index (χ1) is 11.7. The quantitative estimate of drug-likeness (QED) is 0.543. The van der Waals surface area contributed by atoms with Gasteiger partial charge in [0.15, 0.2) is 16.7 Å². The van der Waals surface area contributed by atoms with Gasteiger partial charge in [0.2, 0.25) is 5.43 Å². The molecule has 0 saturated carbocycles. The molecule has 122 valence electrons. The number of aromatic nitrogens is 4. The Kier molecular flexibility index (Phi) is 4.76. The van der Waals surface area contributed by atoms with Gasteiger partial charge in [-0.3, -0.25) is 14.3 Å². The monoisotopic (exact) mass is 342 g/mol. The van der Waals surface area contributed by atoms with E-state index in [1.165, 1.54) is 17.8 Å². The number of allylic oxidation sites excluding steroid dienone is 1. The van der Waals surface area contributed by atoms with Crippen molar-refractivity contribution in [2.45, 2.75) is 17.5 Å². The molecule has 0 aromatic carbocycles. The Balaban J connectivity index is 1.85. The van der Waals surface area contributed by atoms with Gasteiger partial charge < -0.3 is 9.52 Å². The molecule has 0 aliphatic carbocycles. The third kappa shape index (κ3) is 3.38. The van der Waals surface area contributed by atoms with Crippen LogP contribution in [0.5, 0.6) is 5.75 Å². The van der Waals surface area contributed by atoms with Crippen molar-refractivity contribution >= 4 is 11.8 Å². The summed E-state index contributed by atoms with van der Waals surface area (Å²) in [6.45, 7) is 4.31. The number of nitrogens with zero attached hydrogens (tertiary/aromatic N) is 4. The highest BCUT2D eigenvalue weighted by Gasteiger charge is 2.14. The fourth-order valence-corrected chi connectivity index (χ4v) is 2.90. The van der Waals surface area contributed by atoms with Crippen LogP contribution in [0.25, 0.3) is 11.4 Å². The standard InChI is InChI=1S/C16H14N4O3S/c1-2-7-20-15(11-3-5-17-6-4-11)18-19-16(20)24-10-12-8-13(21)14(22)9-23-12/h2-6,8-9,22H,1,7,10H2. The molecule has 0 saturated heterocycles. The molecule has 1 N–H and O–H groups in total. The summed E-state index contributed by atoms with van der Waals surface area (Å²) in [4.78, 5) is 15.4. The zero-order valence-corrected chi connectivity index (χ0v) is 13.4. The molecule has 3 heterocycles. The molecular weight excluding hydrogens is 328 g/mol. The molecule has 3 aromatic rings. The maximum atomic E-state index is 11.4. The van der Waals surface area contributed by atoms with Crippen LogP contribution >= 0.6 is 11.8 Å². The van der Waals surface area contributed by atoms with Crippen LogP contribution in [-0.2, 0) is 12.3 Å². The molecule has 7 nitrogen and oxygen atoms in total. The largest absolute Gasteiger partial charge is 0.502 e. The molecule has 0 bridgehead atoms. The van der Waals surface area contributed by atoms with Crippen LogP contribution in [0.1, 0.15) is 5.76 Å². The minimum atomic E-state index is -0.470. The normalized spacial score (nSPS) is 10.7. The van der Waals surface area contributed by atoms with E-state index in [0.717, 1.165) is 11.8 Å². The van der Waals surface area contributed by atoms with Crippen molar-refractivity contribution in [1.29, 1.82) is 0 Å². The van der Waals surface area contributed by atoms with Crippen molar-refractivity contribution in [3.63, 3.8) is 0 Å². The lowest BCUT2D eigenvalue weighted by Gasteiger charge is -2.07. The van der Waals surface area contributed by atoms with Crippen LogP contribution < -0.4 is 5.43 Å². The summed E-state index contributed by atoms with van der Waals surface area (Å²) in [5.74, 6) is 1.15. The molecule has 0 atom stereocenters. The van der Waals surface area contributed by atoms with E-state index in [-0.39, 0.29) is 0 Å². The first-order valence-electron chi connectivity index (χ1n) is 7.07. The summed E-state index contributed by atoms with van der Waals surface area (Å²) in [5.41, 5.74) is 0.434. The predicted octanol–water partition coefficient (Wildman–Crippen LogP) is 2.48. The molecule has 0 aliphatic rings. The lowest BCUT2D eigenvalue weighted by molar-refractivity contribution is 0.419. The van der Waals surface area contributed by atoms with E-state index in [2.05, 4.69) is 21.8 Å². The lowest BCUT2D eigenvalue weighted by atomic mass is 10.2. The number of hydrogen-bond donors (Lipinski definition) is 1. The van der Waals surface area contributed by atoms with Crippen molar-refractivity contribution in [3.05, 3.63) is 65.5 Å². The Morgan fingerprint density at radius 1 is 1.33 bits per heavy atom. The van der Waals surface area contributed by atoms with Gasteiger partial charge in [-0.15, -0.1) is 16.8 Å². The third-order valence-electron chi connectivity index (χ3n) is 3.18. The van der Waals surface area contributed by atoms with E-state index in [0.29, 0.717) is 29.0 Å². The molecule has 0 fully saturated rings. The van der Waals surface area contributed by atoms with E-state index in [1.54, 1.807) is 18.5 Å². The second-order valence-corrected chi connectivity index (χ2v) is 5.77. The van der Waals surface area contributed by atoms with Crippen LogP contribution in [0.15, 0.2) is 63.9 Å². The van der Waals surface area contributed by atoms with Crippen molar-refractivity contribution in [1.82, 2.24) is 19.7 Å². The summed E-state index contributed by atoms with van der Waals surface area (Å²) >= 11 is 1.38. The van der Waals surface area contributed by atoms with Crippen molar-refractivity contribution in [2.75, 3.05) is 0 Å². The fraction of sp³-hybridized carbons (Fsp3) is 0.125. The Bertz CT molecular complexity index is 905. The Morgan fingerprint density at radius 3 is 2.83 bits per heavy atom. The van der Waals surface area contributed by atoms with E-state index in [9.17, 15) is 9.90 Å². The van der Waals surface area contributed by atoms with Gasteiger partial charge in [0.1, 0.15) is 12.0 Å². The lowest BCUT2D eigenvalue weighted by Crippen LogP contribution is -2.02. The molecule has 3 aromatic heterocycles. The van der Waals surface area contributed by atoms with Gasteiger partial charge in [0, 0.05) is 30.6 Å². The van der Waals surface area contributed by atoms with Crippen LogP contribution in [0, 0.1) is 0 Å². The van der Waals surface area contributed by atoms with Crippen LogP contribution in [-0.4, -0.2) is 24.9 Å². The van der Waals surface area contributed by atoms with Gasteiger partial charge in [-0.25, -0.2) is 0 Å². The number of hydrogen-bond acceptors (Lipinski definition) is 7. The number of pyridine rings is 1. The molecule has 0 radical (unpaired) electrons. The van der Waals surface area contributed by atoms with Gasteiger partial charge in [-0.2, -0.15) is 0 Å². The third-order valence-corrected chi connectivity index (χ3v) is 4.17. The summed E-state index contributed by atoms with van der Waals surface area (Å²) in [7, 11) is 0. The highest BCUT2D eigenvalue weighted by Crippen LogP contribution is 2.26. The average Bonchev–Trinajstić information content (AvgIpc) is 3.00. The number of aromatic hydroxyl groups is 1. The molecule has 24 heavy (non-hydrogen) atoms. The summed E-state index contributed by atoms with van der Waals surface area (Å²) in [5, 5.41) is 18.3. The average molecular weight is 342 g/mol. The Hall–Kier alpha value is -2.87. The Morgan fingerprint density at radius 2 is 2.12 bits per heavy atom. The Labute approximate surface area is 141 Å². The number of thioether (sulfide) groups is 1. The molecule has 0 unspecified atom stereocenters. The first-order valence-corrected chi connectivity index (χ1v) is 8.05. The topological polar surface area (TPSA) is 94.0 Å². The minimum absolute atomic E-state index is 0.390. The molecule has 0 aliphatic heterocycles. The molecular formula is C16H14N4O3S. The van der Waals surface area contributed by atoms with Gasteiger partial charge in [-0.05, 0) is 12.1 Å². The second-order valence-electron chi connectivity index (χ2n) is 4.83. The van der Waals surface area contributed by atoms with E-state index >= 15 is 0 Å². The van der Waals surface area contributed by atoms with Crippen LogP contribution in [0.4, 0.5) is 0 Å². The molecule has 3 rings (SSSR count). The minimum Gasteiger partial charge on any atom is -0.502 e. The zero-order valence-electron chi connectivity index (χ0n) is 12.6. The van der Waals surface area contributed by atoms with Crippen molar-refractivity contribution in [3.8, 4) is 17.1 Å². The predicted molar refractivity (Wildman–Crippen MR) is 89.7 cm³/mol. The SMILES string of the molecule is C=CCn1c(SCc2cc(=O)c(O)co2)nnc1-c1ccncc1. The van der Waals surface area contributed by atoms with Gasteiger partial charge >= 0.3 is 0 Å². The van der Waals surface area contributed by atoms with Gasteiger partial charge in [0.05, 0.1) is 5.75 Å². The summed E-state index contributed by atoms with van der Waals surface area (Å²) < 4.78 is 7.12. The summed E-state index contributed by atoms with van der Waals surface area (Å²) in [6.07, 6.45) is 6.19. The molecule has 0 amide bonds. The highest BCUT2D eigenvalue weighted by atomic mass is 32.2. The molecule has 0 spiro atoms. The fourth-order valence-electron chi connectivity index (χ4n) is 2.06. The van der Waals surface area contributed by atoms with Crippen molar-refractivity contribution < 1.29 is 9.52 Å². The maximum absolute atomic E-state index is 11.4. The van der Waals surface area contributed by atoms with E-state index in [4.69, 9.17) is 4.42 Å². The zero-order chi connectivity index (χ0) is 16.9. The smallest absolute Gasteiger partial charge is 0.226 e. The maximum Gasteiger partial charge on any atom is 0.226 e. The van der Waals surface area contributed by atoms with Crippen molar-refractivity contribution in [2.24, 2.45) is 0 Å². The number of rotatable bonds is 6. The second kappa shape index (κ2) is 7.14. The molecule has 8 heteroatoms. The first kappa shape index (κ1) is 16.0.